The lowest BCUT2D eigenvalue weighted by Gasteiger charge is -2.16. The van der Waals surface area contributed by atoms with Gasteiger partial charge in [0.1, 0.15) is 11.8 Å². The number of amides is 3. The summed E-state index contributed by atoms with van der Waals surface area (Å²) in [7, 11) is 0. The molecule has 0 saturated carbocycles. The first-order chi connectivity index (χ1) is 14.0. The van der Waals surface area contributed by atoms with Crippen LogP contribution in [0.15, 0.2) is 64.6 Å². The van der Waals surface area contributed by atoms with E-state index in [2.05, 4.69) is 54.8 Å². The van der Waals surface area contributed by atoms with Crippen LogP contribution < -0.4 is 16.0 Å². The Hall–Kier alpha value is -2.90. The first-order valence-corrected chi connectivity index (χ1v) is 10.5. The van der Waals surface area contributed by atoms with E-state index in [0.29, 0.717) is 11.7 Å². The molecule has 0 aliphatic rings. The fourth-order valence-corrected chi connectivity index (χ4v) is 3.85. The molecule has 0 unspecified atom stereocenters. The minimum Gasteiger partial charge on any atom is -0.467 e. The Kier molecular flexibility index (Phi) is 7.21. The van der Waals surface area contributed by atoms with Crippen molar-refractivity contribution in [2.45, 2.75) is 32.4 Å². The van der Waals surface area contributed by atoms with Crippen molar-refractivity contribution in [3.8, 4) is 0 Å². The Balaban J connectivity index is 1.57. The van der Waals surface area contributed by atoms with Gasteiger partial charge >= 0.3 is 6.03 Å². The molecule has 0 radical (unpaired) electrons. The highest BCUT2D eigenvalue weighted by atomic mass is 32.1. The van der Waals surface area contributed by atoms with E-state index in [0.717, 1.165) is 10.4 Å². The molecule has 1 aromatic carbocycles. The summed E-state index contributed by atoms with van der Waals surface area (Å²) in [4.78, 5) is 25.3. The van der Waals surface area contributed by atoms with E-state index in [4.69, 9.17) is 4.42 Å². The van der Waals surface area contributed by atoms with Gasteiger partial charge in [-0.1, -0.05) is 44.2 Å². The van der Waals surface area contributed by atoms with Crippen molar-refractivity contribution < 1.29 is 19.3 Å². The van der Waals surface area contributed by atoms with E-state index < -0.39 is 6.03 Å². The van der Waals surface area contributed by atoms with Crippen molar-refractivity contribution in [3.63, 3.8) is 0 Å². The molecule has 1 atom stereocenters. The first-order valence-electron chi connectivity index (χ1n) is 9.59. The zero-order chi connectivity index (χ0) is 20.6. The van der Waals surface area contributed by atoms with E-state index in [-0.39, 0.29) is 25.0 Å². The maximum absolute atomic E-state index is 12.2. The Morgan fingerprint density at radius 2 is 1.83 bits per heavy atom. The molecule has 3 amide bonds. The van der Waals surface area contributed by atoms with E-state index in [1.807, 2.05) is 16.8 Å². The molecule has 3 aromatic rings. The van der Waals surface area contributed by atoms with Crippen LogP contribution in [0.25, 0.3) is 0 Å². The van der Waals surface area contributed by atoms with Gasteiger partial charge in [-0.3, -0.25) is 10.1 Å². The Labute approximate surface area is 174 Å². The van der Waals surface area contributed by atoms with Crippen molar-refractivity contribution in [1.29, 1.82) is 0 Å². The van der Waals surface area contributed by atoms with Gasteiger partial charge in [0.05, 0.1) is 17.7 Å². The van der Waals surface area contributed by atoms with Gasteiger partial charge in [0.2, 0.25) is 0 Å². The Morgan fingerprint density at radius 3 is 2.45 bits per heavy atom. The van der Waals surface area contributed by atoms with Gasteiger partial charge in [-0.15, -0.1) is 11.3 Å². The van der Waals surface area contributed by atoms with Crippen LogP contribution in [0, 0.1) is 0 Å². The van der Waals surface area contributed by atoms with Crippen molar-refractivity contribution in [2.75, 3.05) is 6.54 Å². The second kappa shape index (κ2) is 10.0. The number of thiophene rings is 1. The molecular formula is C22H26N3O3S+. The first kappa shape index (κ1) is 20.8. The van der Waals surface area contributed by atoms with Crippen molar-refractivity contribution in [2.24, 2.45) is 0 Å². The standard InChI is InChI=1S/C22H25N3O3S/c1-15(2)16-7-9-17(10-8-16)21(19-6-4-12-29-19)23-14-20(26)25-22(27)24-13-18-5-3-11-28-18/h3-12,15,21,23H,13-14H2,1-2H3,(H2,24,25,26,27)/p+1/t21-/m1/s1. The summed E-state index contributed by atoms with van der Waals surface area (Å²) < 4.78 is 5.15. The highest BCUT2D eigenvalue weighted by Gasteiger charge is 2.21. The van der Waals surface area contributed by atoms with Crippen LogP contribution in [0.3, 0.4) is 0 Å². The number of furan rings is 1. The average molecular weight is 413 g/mol. The summed E-state index contributed by atoms with van der Waals surface area (Å²) in [6.45, 7) is 4.71. The van der Waals surface area contributed by atoms with Gasteiger partial charge in [-0.25, -0.2) is 4.79 Å². The Bertz CT molecular complexity index is 903. The van der Waals surface area contributed by atoms with E-state index in [1.54, 1.807) is 23.5 Å². The second-order valence-corrected chi connectivity index (χ2v) is 8.04. The number of imide groups is 1. The fraction of sp³-hybridized carbons (Fsp3) is 0.273. The van der Waals surface area contributed by atoms with Crippen LogP contribution >= 0.6 is 11.3 Å². The van der Waals surface area contributed by atoms with Crippen LogP contribution in [0.2, 0.25) is 0 Å². The SMILES string of the molecule is CC(C)c1ccc([C@@H]([NH2+]CC(=O)NC(=O)NCc2ccco2)c2cccs2)cc1. The molecule has 29 heavy (non-hydrogen) atoms. The smallest absolute Gasteiger partial charge is 0.321 e. The van der Waals surface area contributed by atoms with E-state index >= 15 is 0 Å². The summed E-state index contributed by atoms with van der Waals surface area (Å²) in [6, 6.07) is 15.5. The monoisotopic (exact) mass is 412 g/mol. The molecule has 0 spiro atoms. The number of hydrogen-bond donors (Lipinski definition) is 3. The minimum atomic E-state index is -0.534. The number of benzene rings is 1. The molecular weight excluding hydrogens is 386 g/mol. The van der Waals surface area contributed by atoms with Crippen LogP contribution in [0.4, 0.5) is 4.79 Å². The van der Waals surface area contributed by atoms with Crippen LogP contribution in [-0.4, -0.2) is 18.5 Å². The van der Waals surface area contributed by atoms with Crippen molar-refractivity contribution in [3.05, 3.63) is 81.9 Å². The molecule has 7 heteroatoms. The molecule has 0 fully saturated rings. The molecule has 0 aliphatic carbocycles. The normalized spacial score (nSPS) is 12.0. The zero-order valence-corrected chi connectivity index (χ0v) is 17.4. The third kappa shape index (κ3) is 6.04. The van der Waals surface area contributed by atoms with E-state index in [1.165, 1.54) is 11.8 Å². The number of hydrogen-bond acceptors (Lipinski definition) is 4. The third-order valence-corrected chi connectivity index (χ3v) is 5.56. The highest BCUT2D eigenvalue weighted by molar-refractivity contribution is 7.10. The predicted octanol–water partition coefficient (Wildman–Crippen LogP) is 3.14. The maximum Gasteiger partial charge on any atom is 0.321 e. The molecule has 3 rings (SSSR count). The fourth-order valence-electron chi connectivity index (χ4n) is 3.00. The van der Waals surface area contributed by atoms with Gasteiger partial charge in [0.15, 0.2) is 6.54 Å². The molecule has 0 aliphatic heterocycles. The molecule has 4 N–H and O–H groups in total. The van der Waals surface area contributed by atoms with Gasteiger partial charge in [-0.2, -0.15) is 0 Å². The minimum absolute atomic E-state index is 0.00754. The van der Waals surface area contributed by atoms with Crippen LogP contribution in [0.1, 0.15) is 47.6 Å². The quantitative estimate of drug-likeness (QED) is 0.531. The highest BCUT2D eigenvalue weighted by Crippen LogP contribution is 2.24. The van der Waals surface area contributed by atoms with Crippen LogP contribution in [0.5, 0.6) is 0 Å². The predicted molar refractivity (Wildman–Crippen MR) is 113 cm³/mol. The van der Waals surface area contributed by atoms with Gasteiger partial charge < -0.3 is 15.1 Å². The number of rotatable bonds is 8. The van der Waals surface area contributed by atoms with Crippen molar-refractivity contribution >= 4 is 23.3 Å². The number of urea groups is 1. The summed E-state index contributed by atoms with van der Waals surface area (Å²) in [5.41, 5.74) is 2.41. The lowest BCUT2D eigenvalue weighted by molar-refractivity contribution is -0.676. The third-order valence-electron chi connectivity index (χ3n) is 4.61. The average Bonchev–Trinajstić information content (AvgIpc) is 3.41. The zero-order valence-electron chi connectivity index (χ0n) is 16.6. The summed E-state index contributed by atoms with van der Waals surface area (Å²) in [6.07, 6.45) is 1.54. The van der Waals surface area contributed by atoms with Gasteiger partial charge in [0, 0.05) is 5.56 Å². The Morgan fingerprint density at radius 1 is 1.07 bits per heavy atom. The number of carbonyl (C=O) groups is 2. The van der Waals surface area contributed by atoms with Crippen molar-refractivity contribution in [1.82, 2.24) is 10.6 Å². The molecule has 2 heterocycles. The van der Waals surface area contributed by atoms with E-state index in [9.17, 15) is 9.59 Å². The van der Waals surface area contributed by atoms with Gasteiger partial charge in [0.25, 0.3) is 5.91 Å². The largest absolute Gasteiger partial charge is 0.467 e. The summed E-state index contributed by atoms with van der Waals surface area (Å²) in [5.74, 6) is 0.753. The summed E-state index contributed by atoms with van der Waals surface area (Å²) >= 11 is 1.66. The molecule has 152 valence electrons. The molecule has 6 nitrogen and oxygen atoms in total. The lowest BCUT2D eigenvalue weighted by Crippen LogP contribution is -2.87. The van der Waals surface area contributed by atoms with Crippen LogP contribution in [-0.2, 0) is 11.3 Å². The second-order valence-electron chi connectivity index (χ2n) is 7.06. The maximum atomic E-state index is 12.2. The molecule has 2 aromatic heterocycles. The topological polar surface area (TPSA) is 88.0 Å². The molecule has 0 bridgehead atoms. The van der Waals surface area contributed by atoms with Gasteiger partial charge in [-0.05, 0) is 35.1 Å². The lowest BCUT2D eigenvalue weighted by atomic mass is 9.98. The number of nitrogens with two attached hydrogens (primary N) is 1. The number of nitrogens with one attached hydrogen (secondary N) is 2. The number of carbonyl (C=O) groups excluding carboxylic acids is 2. The number of quaternary nitrogens is 1. The summed E-state index contributed by atoms with van der Waals surface area (Å²) in [5, 5.41) is 8.94. The molecule has 0 saturated heterocycles.